The molecule has 114 valence electrons. The van der Waals surface area contributed by atoms with Crippen LogP contribution < -0.4 is 11.1 Å². The number of halogens is 1. The molecule has 0 aliphatic carbocycles. The number of anilines is 1. The van der Waals surface area contributed by atoms with E-state index in [0.717, 1.165) is 0 Å². The number of nitro groups is 1. The zero-order valence-corrected chi connectivity index (χ0v) is 13.0. The van der Waals surface area contributed by atoms with E-state index in [0.29, 0.717) is 10.0 Å². The van der Waals surface area contributed by atoms with Crippen molar-refractivity contribution in [3.8, 4) is 0 Å². The van der Waals surface area contributed by atoms with E-state index in [-0.39, 0.29) is 18.0 Å². The highest BCUT2D eigenvalue weighted by molar-refractivity contribution is 9.10. The van der Waals surface area contributed by atoms with E-state index >= 15 is 0 Å². The zero-order valence-electron chi connectivity index (χ0n) is 11.4. The Balaban J connectivity index is 2.97. The fourth-order valence-corrected chi connectivity index (χ4v) is 2.06. The van der Waals surface area contributed by atoms with Gasteiger partial charge in [0.25, 0.3) is 11.6 Å². The van der Waals surface area contributed by atoms with Crippen LogP contribution in [-0.2, 0) is 14.3 Å². The Hall–Kier alpha value is -2.00. The van der Waals surface area contributed by atoms with Crippen LogP contribution in [0.1, 0.15) is 12.5 Å². The number of nitrogens with zero attached hydrogens (tertiary/aromatic N) is 1. The van der Waals surface area contributed by atoms with Gasteiger partial charge in [0.05, 0.1) is 17.2 Å². The highest BCUT2D eigenvalue weighted by Crippen LogP contribution is 2.30. The largest absolute Gasteiger partial charge is 0.464 e. The first-order valence-electron chi connectivity index (χ1n) is 5.95. The van der Waals surface area contributed by atoms with Crippen molar-refractivity contribution in [2.75, 3.05) is 11.9 Å². The second-order valence-electron chi connectivity index (χ2n) is 4.09. The average Bonchev–Trinajstić information content (AvgIpc) is 2.40. The van der Waals surface area contributed by atoms with Crippen molar-refractivity contribution in [3.05, 3.63) is 32.3 Å². The van der Waals surface area contributed by atoms with Gasteiger partial charge in [-0.05, 0) is 35.8 Å². The van der Waals surface area contributed by atoms with Gasteiger partial charge in [-0.3, -0.25) is 14.9 Å². The molecule has 9 heteroatoms. The smallest absolute Gasteiger partial charge is 0.332 e. The van der Waals surface area contributed by atoms with Crippen LogP contribution in [0.15, 0.2) is 16.6 Å². The summed E-state index contributed by atoms with van der Waals surface area (Å²) in [5.41, 5.74) is 5.86. The molecule has 21 heavy (non-hydrogen) atoms. The van der Waals surface area contributed by atoms with Crippen LogP contribution in [0.3, 0.4) is 0 Å². The Bertz CT molecular complexity index is 591. The number of hydrogen-bond donors (Lipinski definition) is 2. The minimum atomic E-state index is -1.50. The number of rotatable bonds is 5. The monoisotopic (exact) mass is 359 g/mol. The summed E-state index contributed by atoms with van der Waals surface area (Å²) in [6.45, 7) is 3.25. The number of benzene rings is 1. The number of carbonyl (C=O) groups excluding carboxylic acids is 2. The van der Waals surface area contributed by atoms with Gasteiger partial charge in [0.15, 0.2) is 6.04 Å². The Morgan fingerprint density at radius 1 is 1.52 bits per heavy atom. The van der Waals surface area contributed by atoms with Crippen molar-refractivity contribution in [2.45, 2.75) is 19.9 Å². The second-order valence-corrected chi connectivity index (χ2v) is 4.95. The van der Waals surface area contributed by atoms with Gasteiger partial charge in [0.1, 0.15) is 0 Å². The number of nitrogens with one attached hydrogen (secondary N) is 1. The molecule has 0 heterocycles. The predicted octanol–water partition coefficient (Wildman–Crippen LogP) is 1.49. The number of amides is 1. The molecule has 8 nitrogen and oxygen atoms in total. The molecule has 3 N–H and O–H groups in total. The summed E-state index contributed by atoms with van der Waals surface area (Å²) in [7, 11) is 0. The van der Waals surface area contributed by atoms with Crippen LogP contribution >= 0.6 is 15.9 Å². The molecular weight excluding hydrogens is 346 g/mol. The lowest BCUT2D eigenvalue weighted by Gasteiger charge is -2.12. The molecule has 1 amide bonds. The van der Waals surface area contributed by atoms with Crippen LogP contribution in [0.4, 0.5) is 11.4 Å². The quantitative estimate of drug-likeness (QED) is 0.355. The molecule has 0 saturated heterocycles. The summed E-state index contributed by atoms with van der Waals surface area (Å²) in [6, 6.07) is 1.18. The highest BCUT2D eigenvalue weighted by Gasteiger charge is 2.25. The summed E-state index contributed by atoms with van der Waals surface area (Å²) in [6.07, 6.45) is 0. The van der Waals surface area contributed by atoms with Gasteiger partial charge in [-0.2, -0.15) is 0 Å². The lowest BCUT2D eigenvalue weighted by Crippen LogP contribution is -2.43. The van der Waals surface area contributed by atoms with Gasteiger partial charge in [0.2, 0.25) is 0 Å². The third-order valence-electron chi connectivity index (χ3n) is 2.56. The van der Waals surface area contributed by atoms with E-state index < -0.39 is 22.8 Å². The third-order valence-corrected chi connectivity index (χ3v) is 3.22. The topological polar surface area (TPSA) is 125 Å². The lowest BCUT2D eigenvalue weighted by molar-refractivity contribution is -0.385. The zero-order chi connectivity index (χ0) is 16.2. The number of nitro benzene ring substituents is 1. The molecule has 0 aromatic heterocycles. The van der Waals surface area contributed by atoms with E-state index in [1.807, 2.05) is 0 Å². The number of nitrogens with two attached hydrogens (primary N) is 1. The number of esters is 1. The minimum Gasteiger partial charge on any atom is -0.464 e. The third kappa shape index (κ3) is 4.23. The SMILES string of the molecule is CCOC(=O)C(N)C(=O)Nc1cc([N+](=O)[O-])c(C)cc1Br. The van der Waals surface area contributed by atoms with Crippen LogP contribution in [0.25, 0.3) is 0 Å². The molecule has 0 fully saturated rings. The molecule has 0 bridgehead atoms. The van der Waals surface area contributed by atoms with E-state index in [9.17, 15) is 19.7 Å². The first-order chi connectivity index (χ1) is 9.77. The molecule has 0 spiro atoms. The Morgan fingerprint density at radius 2 is 2.14 bits per heavy atom. The van der Waals surface area contributed by atoms with Crippen molar-refractivity contribution < 1.29 is 19.2 Å². The fourth-order valence-electron chi connectivity index (χ4n) is 1.50. The average molecular weight is 360 g/mol. The molecule has 1 unspecified atom stereocenters. The number of aryl methyl sites for hydroxylation is 1. The van der Waals surface area contributed by atoms with Crippen LogP contribution in [-0.4, -0.2) is 29.4 Å². The molecule has 1 aromatic rings. The number of carbonyl (C=O) groups is 2. The predicted molar refractivity (Wildman–Crippen MR) is 78.8 cm³/mol. The molecule has 0 aliphatic rings. The standard InChI is InChI=1S/C12H14BrN3O5/c1-3-21-12(18)10(14)11(17)15-8-5-9(16(19)20)6(2)4-7(8)13/h4-5,10H,3,14H2,1-2H3,(H,15,17). The molecule has 0 aliphatic heterocycles. The van der Waals surface area contributed by atoms with Crippen LogP contribution in [0, 0.1) is 17.0 Å². The number of ether oxygens (including phenoxy) is 1. The van der Waals surface area contributed by atoms with E-state index in [1.165, 1.54) is 12.1 Å². The van der Waals surface area contributed by atoms with Crippen molar-refractivity contribution >= 4 is 39.2 Å². The van der Waals surface area contributed by atoms with Gasteiger partial charge < -0.3 is 15.8 Å². The summed E-state index contributed by atoms with van der Waals surface area (Å²) < 4.78 is 5.07. The summed E-state index contributed by atoms with van der Waals surface area (Å²) >= 11 is 3.18. The van der Waals surface area contributed by atoms with Gasteiger partial charge in [-0.25, -0.2) is 4.79 Å². The van der Waals surface area contributed by atoms with E-state index in [2.05, 4.69) is 26.0 Å². The Morgan fingerprint density at radius 3 is 2.67 bits per heavy atom. The van der Waals surface area contributed by atoms with Gasteiger partial charge in [0, 0.05) is 16.1 Å². The fraction of sp³-hybridized carbons (Fsp3) is 0.333. The second kappa shape index (κ2) is 7.14. The maximum Gasteiger partial charge on any atom is 0.332 e. The first-order valence-corrected chi connectivity index (χ1v) is 6.74. The molecule has 1 aromatic carbocycles. The lowest BCUT2D eigenvalue weighted by atomic mass is 10.1. The molecule has 1 rings (SSSR count). The molecular formula is C12H14BrN3O5. The normalized spacial score (nSPS) is 11.6. The van der Waals surface area contributed by atoms with Crippen molar-refractivity contribution in [1.82, 2.24) is 0 Å². The molecule has 0 saturated carbocycles. The molecule has 1 atom stereocenters. The van der Waals surface area contributed by atoms with Crippen molar-refractivity contribution in [2.24, 2.45) is 5.73 Å². The maximum absolute atomic E-state index is 11.8. The van der Waals surface area contributed by atoms with Crippen molar-refractivity contribution in [1.29, 1.82) is 0 Å². The summed E-state index contributed by atoms with van der Waals surface area (Å²) in [4.78, 5) is 33.5. The van der Waals surface area contributed by atoms with Gasteiger partial charge >= 0.3 is 5.97 Å². The first kappa shape index (κ1) is 17.1. The molecule has 0 radical (unpaired) electrons. The highest BCUT2D eigenvalue weighted by atomic mass is 79.9. The maximum atomic E-state index is 11.8. The number of hydrogen-bond acceptors (Lipinski definition) is 6. The van der Waals surface area contributed by atoms with Gasteiger partial charge in [-0.15, -0.1) is 0 Å². The minimum absolute atomic E-state index is 0.0967. The van der Waals surface area contributed by atoms with E-state index in [1.54, 1.807) is 13.8 Å². The summed E-state index contributed by atoms with van der Waals surface area (Å²) in [5, 5.41) is 13.2. The van der Waals surface area contributed by atoms with Crippen LogP contribution in [0.2, 0.25) is 0 Å². The van der Waals surface area contributed by atoms with Crippen LogP contribution in [0.5, 0.6) is 0 Å². The van der Waals surface area contributed by atoms with Crippen molar-refractivity contribution in [3.63, 3.8) is 0 Å². The Labute approximate surface area is 128 Å². The van der Waals surface area contributed by atoms with E-state index in [4.69, 9.17) is 5.73 Å². The van der Waals surface area contributed by atoms with Gasteiger partial charge in [-0.1, -0.05) is 0 Å². The Kier molecular flexibility index (Phi) is 5.79. The summed E-state index contributed by atoms with van der Waals surface area (Å²) in [5.74, 6) is -1.68.